The van der Waals surface area contributed by atoms with Gasteiger partial charge in [-0.15, -0.1) is 5.10 Å². The molecule has 0 aromatic carbocycles. The van der Waals surface area contributed by atoms with Crippen molar-refractivity contribution < 1.29 is 9.47 Å². The van der Waals surface area contributed by atoms with E-state index in [9.17, 15) is 0 Å². The number of nitrogens with zero attached hydrogens (tertiary/aromatic N) is 3. The highest BCUT2D eigenvalue weighted by Gasteiger charge is 2.13. The molecule has 0 spiro atoms. The summed E-state index contributed by atoms with van der Waals surface area (Å²) < 4.78 is 13.5. The van der Waals surface area contributed by atoms with Crippen LogP contribution in [0.25, 0.3) is 0 Å². The lowest BCUT2D eigenvalue weighted by Crippen LogP contribution is -2.33. The van der Waals surface area contributed by atoms with E-state index in [0.717, 1.165) is 38.8 Å². The molecule has 0 saturated heterocycles. The zero-order chi connectivity index (χ0) is 14.1. The second-order valence-electron chi connectivity index (χ2n) is 3.95. The molecule has 0 saturated carbocycles. The molecular formula is C12H24N4O2S. The highest BCUT2D eigenvalue weighted by atomic mass is 32.1. The summed E-state index contributed by atoms with van der Waals surface area (Å²) in [5.74, 6) is 0.854. The minimum atomic E-state index is 0.648. The normalized spacial score (nSPS) is 10.9. The van der Waals surface area contributed by atoms with Gasteiger partial charge in [-0.3, -0.25) is 4.57 Å². The number of aromatic nitrogens is 3. The summed E-state index contributed by atoms with van der Waals surface area (Å²) in [5, 5.41) is 7.15. The molecule has 7 heteroatoms. The van der Waals surface area contributed by atoms with Crippen LogP contribution in [0.15, 0.2) is 0 Å². The van der Waals surface area contributed by atoms with E-state index in [0.29, 0.717) is 18.0 Å². The van der Waals surface area contributed by atoms with Crippen molar-refractivity contribution in [3.8, 4) is 0 Å². The van der Waals surface area contributed by atoms with Crippen LogP contribution in [0.4, 0.5) is 5.95 Å². The van der Waals surface area contributed by atoms with Crippen LogP contribution in [-0.2, 0) is 16.0 Å². The van der Waals surface area contributed by atoms with Gasteiger partial charge in [0.25, 0.3) is 0 Å². The van der Waals surface area contributed by atoms with Gasteiger partial charge in [-0.05, 0) is 33.0 Å². The van der Waals surface area contributed by atoms with Crippen LogP contribution in [0.1, 0.15) is 20.8 Å². The fourth-order valence-corrected chi connectivity index (χ4v) is 2.04. The number of hydrogen-bond acceptors (Lipinski definition) is 5. The number of nitrogens with one attached hydrogen (secondary N) is 1. The molecule has 0 amide bonds. The van der Waals surface area contributed by atoms with Crippen molar-refractivity contribution in [2.24, 2.45) is 0 Å². The zero-order valence-corrected chi connectivity index (χ0v) is 12.8. The summed E-state index contributed by atoms with van der Waals surface area (Å²) in [6.45, 7) is 11.2. The standard InChI is InChI=1S/C12H24N4O2S/c1-4-16-11(13-14-12(16)19)15(7-9-17-5-2)8-10-18-6-3/h4-10H2,1-3H3,(H,14,19). The van der Waals surface area contributed by atoms with Gasteiger partial charge in [0.05, 0.1) is 13.2 Å². The van der Waals surface area contributed by atoms with E-state index in [-0.39, 0.29) is 0 Å². The lowest BCUT2D eigenvalue weighted by atomic mass is 10.5. The van der Waals surface area contributed by atoms with E-state index >= 15 is 0 Å². The van der Waals surface area contributed by atoms with Crippen molar-refractivity contribution in [1.82, 2.24) is 14.8 Å². The third-order valence-electron chi connectivity index (χ3n) is 2.76. The van der Waals surface area contributed by atoms with Crippen molar-refractivity contribution in [3.63, 3.8) is 0 Å². The second-order valence-corrected chi connectivity index (χ2v) is 4.34. The van der Waals surface area contributed by atoms with E-state index in [2.05, 4.69) is 22.0 Å². The van der Waals surface area contributed by atoms with Crippen LogP contribution in [0, 0.1) is 4.77 Å². The maximum atomic E-state index is 5.42. The van der Waals surface area contributed by atoms with E-state index in [1.54, 1.807) is 0 Å². The Balaban J connectivity index is 2.72. The van der Waals surface area contributed by atoms with E-state index in [1.165, 1.54) is 0 Å². The molecular weight excluding hydrogens is 264 g/mol. The predicted molar refractivity (Wildman–Crippen MR) is 78.3 cm³/mol. The molecule has 1 rings (SSSR count). The maximum absolute atomic E-state index is 5.42. The number of H-pyrrole nitrogens is 1. The summed E-state index contributed by atoms with van der Waals surface area (Å²) in [4.78, 5) is 2.14. The lowest BCUT2D eigenvalue weighted by molar-refractivity contribution is 0.141. The van der Waals surface area contributed by atoms with Crippen molar-refractivity contribution >= 4 is 18.2 Å². The van der Waals surface area contributed by atoms with Crippen molar-refractivity contribution in [3.05, 3.63) is 4.77 Å². The average Bonchev–Trinajstić information content (AvgIpc) is 2.78. The molecule has 0 aliphatic rings. The van der Waals surface area contributed by atoms with Gasteiger partial charge in [0.1, 0.15) is 0 Å². The Morgan fingerprint density at radius 2 is 1.74 bits per heavy atom. The molecule has 0 radical (unpaired) electrons. The van der Waals surface area contributed by atoms with Crippen molar-refractivity contribution in [2.45, 2.75) is 27.3 Å². The van der Waals surface area contributed by atoms with Gasteiger partial charge < -0.3 is 14.4 Å². The summed E-state index contributed by atoms with van der Waals surface area (Å²) >= 11 is 5.22. The Labute approximate surface area is 119 Å². The number of ether oxygens (including phenoxy) is 2. The highest BCUT2D eigenvalue weighted by Crippen LogP contribution is 2.11. The topological polar surface area (TPSA) is 55.3 Å². The minimum absolute atomic E-state index is 0.648. The lowest BCUT2D eigenvalue weighted by Gasteiger charge is -2.23. The van der Waals surface area contributed by atoms with Gasteiger partial charge in [-0.25, -0.2) is 5.10 Å². The zero-order valence-electron chi connectivity index (χ0n) is 12.0. The Morgan fingerprint density at radius 1 is 1.16 bits per heavy atom. The Morgan fingerprint density at radius 3 is 2.21 bits per heavy atom. The summed E-state index contributed by atoms with van der Waals surface area (Å²) in [6.07, 6.45) is 0. The molecule has 1 N–H and O–H groups in total. The smallest absolute Gasteiger partial charge is 0.225 e. The first-order chi connectivity index (χ1) is 9.24. The van der Waals surface area contributed by atoms with Crippen LogP contribution >= 0.6 is 12.2 Å². The molecule has 0 atom stereocenters. The van der Waals surface area contributed by atoms with Gasteiger partial charge in [-0.1, -0.05) is 0 Å². The van der Waals surface area contributed by atoms with E-state index in [1.807, 2.05) is 18.4 Å². The molecule has 1 aromatic rings. The summed E-state index contributed by atoms with van der Waals surface area (Å²) in [7, 11) is 0. The molecule has 110 valence electrons. The predicted octanol–water partition coefficient (Wildman–Crippen LogP) is 1.84. The molecule has 0 unspecified atom stereocenters. The van der Waals surface area contributed by atoms with E-state index in [4.69, 9.17) is 21.7 Å². The van der Waals surface area contributed by atoms with Gasteiger partial charge in [-0.2, -0.15) is 0 Å². The molecule has 1 aromatic heterocycles. The van der Waals surface area contributed by atoms with E-state index < -0.39 is 0 Å². The molecule has 0 aliphatic heterocycles. The molecule has 0 fully saturated rings. The van der Waals surface area contributed by atoms with Crippen LogP contribution in [-0.4, -0.2) is 54.3 Å². The Bertz CT molecular complexity index is 395. The fraction of sp³-hybridized carbons (Fsp3) is 0.833. The monoisotopic (exact) mass is 288 g/mol. The molecule has 0 bridgehead atoms. The third-order valence-corrected chi connectivity index (χ3v) is 3.07. The fourth-order valence-electron chi connectivity index (χ4n) is 1.79. The summed E-state index contributed by atoms with van der Waals surface area (Å²) in [6, 6.07) is 0. The first-order valence-corrected chi connectivity index (χ1v) is 7.21. The number of anilines is 1. The van der Waals surface area contributed by atoms with Gasteiger partial charge in [0.2, 0.25) is 5.95 Å². The van der Waals surface area contributed by atoms with Gasteiger partial charge in [0, 0.05) is 32.8 Å². The number of rotatable bonds is 10. The largest absolute Gasteiger partial charge is 0.380 e. The third kappa shape index (κ3) is 4.93. The quantitative estimate of drug-likeness (QED) is 0.526. The Hall–Kier alpha value is -0.920. The van der Waals surface area contributed by atoms with Crippen molar-refractivity contribution in [2.75, 3.05) is 44.4 Å². The highest BCUT2D eigenvalue weighted by molar-refractivity contribution is 7.71. The first kappa shape index (κ1) is 16.1. The Kier molecular flexibility index (Phi) is 7.69. The molecule has 19 heavy (non-hydrogen) atoms. The van der Waals surface area contributed by atoms with Crippen LogP contribution in [0.3, 0.4) is 0 Å². The minimum Gasteiger partial charge on any atom is -0.380 e. The SMILES string of the molecule is CCOCCN(CCOCC)c1n[nH]c(=S)n1CC. The first-order valence-electron chi connectivity index (χ1n) is 6.80. The van der Waals surface area contributed by atoms with Crippen LogP contribution in [0.5, 0.6) is 0 Å². The van der Waals surface area contributed by atoms with Crippen molar-refractivity contribution in [1.29, 1.82) is 0 Å². The number of hydrogen-bond donors (Lipinski definition) is 1. The number of aromatic amines is 1. The maximum Gasteiger partial charge on any atom is 0.225 e. The molecule has 0 aliphatic carbocycles. The van der Waals surface area contributed by atoms with Gasteiger partial charge >= 0.3 is 0 Å². The summed E-state index contributed by atoms with van der Waals surface area (Å²) in [5.41, 5.74) is 0. The van der Waals surface area contributed by atoms with Crippen LogP contribution in [0.2, 0.25) is 0 Å². The molecule has 1 heterocycles. The molecule has 6 nitrogen and oxygen atoms in total. The second kappa shape index (κ2) is 9.06. The van der Waals surface area contributed by atoms with Crippen LogP contribution < -0.4 is 4.90 Å². The van der Waals surface area contributed by atoms with Gasteiger partial charge in [0.15, 0.2) is 4.77 Å². The average molecular weight is 288 g/mol.